The van der Waals surface area contributed by atoms with Gasteiger partial charge in [0.1, 0.15) is 11.6 Å². The Morgan fingerprint density at radius 2 is 1.91 bits per heavy atom. The first kappa shape index (κ1) is 19.4. The van der Waals surface area contributed by atoms with Crippen LogP contribution in [0.25, 0.3) is 0 Å². The van der Waals surface area contributed by atoms with Crippen molar-refractivity contribution in [2.75, 3.05) is 5.75 Å². The van der Waals surface area contributed by atoms with Crippen LogP contribution in [0.3, 0.4) is 0 Å². The predicted molar refractivity (Wildman–Crippen MR) is 92.9 cm³/mol. The number of hydrogen-bond acceptors (Lipinski definition) is 4. The van der Waals surface area contributed by atoms with Crippen molar-refractivity contribution in [3.63, 3.8) is 0 Å². The van der Waals surface area contributed by atoms with Crippen molar-refractivity contribution in [3.8, 4) is 0 Å². The Morgan fingerprint density at radius 3 is 2.43 bits per heavy atom. The summed E-state index contributed by atoms with van der Waals surface area (Å²) in [5.74, 6) is -0.0917. The van der Waals surface area contributed by atoms with Crippen LogP contribution in [-0.4, -0.2) is 34.6 Å². The molecule has 0 saturated heterocycles. The van der Waals surface area contributed by atoms with Gasteiger partial charge >= 0.3 is 12.1 Å². The zero-order valence-corrected chi connectivity index (χ0v) is 15.1. The molecule has 5 nitrogen and oxygen atoms in total. The third kappa shape index (κ3) is 7.41. The molecule has 0 unspecified atom stereocenters. The molecular weight excluding hydrogens is 314 g/mol. The number of aryl methyl sites for hydroxylation is 2. The molecule has 0 aliphatic heterocycles. The van der Waals surface area contributed by atoms with Crippen molar-refractivity contribution >= 4 is 23.8 Å². The second kappa shape index (κ2) is 8.24. The summed E-state index contributed by atoms with van der Waals surface area (Å²) in [4.78, 5) is 22.9. The molecule has 0 radical (unpaired) electrons. The minimum absolute atomic E-state index is 0.279. The van der Waals surface area contributed by atoms with Gasteiger partial charge in [-0.1, -0.05) is 18.2 Å². The van der Waals surface area contributed by atoms with Crippen LogP contribution in [0.2, 0.25) is 0 Å². The van der Waals surface area contributed by atoms with E-state index in [4.69, 9.17) is 4.74 Å². The molecule has 1 rings (SSSR count). The fraction of sp³-hybridized carbons (Fsp3) is 0.529. The lowest BCUT2D eigenvalue weighted by Gasteiger charge is -2.21. The molecule has 1 aromatic carbocycles. The van der Waals surface area contributed by atoms with Crippen LogP contribution in [0, 0.1) is 13.8 Å². The van der Waals surface area contributed by atoms with Gasteiger partial charge in [-0.3, -0.25) is 0 Å². The van der Waals surface area contributed by atoms with Gasteiger partial charge in [-0.2, -0.15) is 11.8 Å². The second-order valence-corrected chi connectivity index (χ2v) is 7.50. The lowest BCUT2D eigenvalue weighted by molar-refractivity contribution is -0.138. The van der Waals surface area contributed by atoms with Gasteiger partial charge in [0, 0.05) is 11.5 Å². The average molecular weight is 339 g/mol. The maximum Gasteiger partial charge on any atom is 0.408 e. The number of rotatable bonds is 6. The molecule has 1 aromatic rings. The molecule has 0 fully saturated rings. The normalized spacial score (nSPS) is 12.6. The number of carbonyl (C=O) groups excluding carboxylic acids is 1. The van der Waals surface area contributed by atoms with Gasteiger partial charge in [-0.15, -0.1) is 0 Å². The van der Waals surface area contributed by atoms with Gasteiger partial charge < -0.3 is 15.2 Å². The first-order valence-corrected chi connectivity index (χ1v) is 8.60. The fourth-order valence-electron chi connectivity index (χ4n) is 1.81. The number of nitrogens with one attached hydrogen (secondary N) is 1. The van der Waals surface area contributed by atoms with Gasteiger partial charge in [0.15, 0.2) is 0 Å². The summed E-state index contributed by atoms with van der Waals surface area (Å²) in [6.45, 7) is 9.30. The highest BCUT2D eigenvalue weighted by Crippen LogP contribution is 2.17. The largest absolute Gasteiger partial charge is 0.480 e. The van der Waals surface area contributed by atoms with Crippen molar-refractivity contribution in [2.24, 2.45) is 0 Å². The molecule has 2 N–H and O–H groups in total. The summed E-state index contributed by atoms with van der Waals surface area (Å²) < 4.78 is 5.09. The highest BCUT2D eigenvalue weighted by molar-refractivity contribution is 7.98. The number of thioether (sulfide) groups is 1. The van der Waals surface area contributed by atoms with E-state index in [0.717, 1.165) is 5.56 Å². The predicted octanol–water partition coefficient (Wildman–Crippen LogP) is 3.51. The van der Waals surface area contributed by atoms with E-state index < -0.39 is 23.7 Å². The summed E-state index contributed by atoms with van der Waals surface area (Å²) in [7, 11) is 0. The Balaban J connectivity index is 2.52. The van der Waals surface area contributed by atoms with Gasteiger partial charge in [0.25, 0.3) is 0 Å². The lowest BCUT2D eigenvalue weighted by Crippen LogP contribution is -2.44. The highest BCUT2D eigenvalue weighted by atomic mass is 32.2. The van der Waals surface area contributed by atoms with Crippen molar-refractivity contribution in [1.82, 2.24) is 5.32 Å². The molecule has 0 aliphatic rings. The quantitative estimate of drug-likeness (QED) is 0.829. The number of ether oxygens (including phenoxy) is 1. The first-order valence-electron chi connectivity index (χ1n) is 7.44. The van der Waals surface area contributed by atoms with Gasteiger partial charge in [-0.05, 0) is 51.3 Å². The Bertz CT molecular complexity index is 566. The number of alkyl carbamates (subject to hydrolysis) is 1. The van der Waals surface area contributed by atoms with E-state index in [9.17, 15) is 14.7 Å². The molecule has 128 valence electrons. The van der Waals surface area contributed by atoms with Crippen molar-refractivity contribution in [3.05, 3.63) is 34.9 Å². The smallest absolute Gasteiger partial charge is 0.408 e. The number of carboxylic acid groups (broad SMARTS) is 1. The topological polar surface area (TPSA) is 75.6 Å². The Kier molecular flexibility index (Phi) is 6.94. The van der Waals surface area contributed by atoms with Crippen LogP contribution in [-0.2, 0) is 15.3 Å². The Labute approximate surface area is 141 Å². The summed E-state index contributed by atoms with van der Waals surface area (Å²) in [6, 6.07) is 5.21. The Morgan fingerprint density at radius 1 is 1.26 bits per heavy atom. The zero-order valence-electron chi connectivity index (χ0n) is 14.3. The third-order valence-electron chi connectivity index (χ3n) is 3.11. The maximum absolute atomic E-state index is 11.7. The van der Waals surface area contributed by atoms with Crippen LogP contribution in [0.5, 0.6) is 0 Å². The SMILES string of the molecule is Cc1ccc(CSC[C@H](NC(=O)OC(C)(C)C)C(=O)O)cc1C. The van der Waals surface area contributed by atoms with E-state index in [1.165, 1.54) is 22.9 Å². The Hall–Kier alpha value is -1.69. The van der Waals surface area contributed by atoms with Crippen LogP contribution < -0.4 is 5.32 Å². The number of amides is 1. The summed E-state index contributed by atoms with van der Waals surface area (Å²) in [5.41, 5.74) is 2.93. The summed E-state index contributed by atoms with van der Waals surface area (Å²) in [6.07, 6.45) is -0.711. The summed E-state index contributed by atoms with van der Waals surface area (Å²) in [5, 5.41) is 11.6. The minimum atomic E-state index is -1.07. The van der Waals surface area contributed by atoms with Gasteiger partial charge in [-0.25, -0.2) is 9.59 Å². The maximum atomic E-state index is 11.7. The summed E-state index contributed by atoms with van der Waals surface area (Å²) >= 11 is 1.47. The van der Waals surface area contributed by atoms with E-state index in [-0.39, 0.29) is 5.75 Å². The number of carboxylic acids is 1. The molecule has 1 amide bonds. The van der Waals surface area contributed by atoms with E-state index in [2.05, 4.69) is 24.4 Å². The van der Waals surface area contributed by atoms with Crippen LogP contribution in [0.15, 0.2) is 18.2 Å². The van der Waals surface area contributed by atoms with Crippen molar-refractivity contribution in [1.29, 1.82) is 0 Å². The molecule has 0 aliphatic carbocycles. The van der Waals surface area contributed by atoms with Crippen molar-refractivity contribution < 1.29 is 19.4 Å². The average Bonchev–Trinajstić information content (AvgIpc) is 2.39. The highest BCUT2D eigenvalue weighted by Gasteiger charge is 2.23. The molecular formula is C17H25NO4S. The monoisotopic (exact) mass is 339 g/mol. The number of hydrogen-bond donors (Lipinski definition) is 2. The molecule has 1 atom stereocenters. The molecule has 0 aromatic heterocycles. The lowest BCUT2D eigenvalue weighted by atomic mass is 10.1. The molecule has 0 heterocycles. The van der Waals surface area contributed by atoms with E-state index in [0.29, 0.717) is 5.75 Å². The van der Waals surface area contributed by atoms with Crippen molar-refractivity contribution in [2.45, 2.75) is 52.0 Å². The van der Waals surface area contributed by atoms with Crippen LogP contribution in [0.1, 0.15) is 37.5 Å². The van der Waals surface area contributed by atoms with Gasteiger partial charge in [0.2, 0.25) is 0 Å². The number of aliphatic carboxylic acids is 1. The fourth-order valence-corrected chi connectivity index (χ4v) is 2.81. The second-order valence-electron chi connectivity index (χ2n) is 6.47. The number of benzene rings is 1. The van der Waals surface area contributed by atoms with Crippen LogP contribution >= 0.6 is 11.8 Å². The van der Waals surface area contributed by atoms with E-state index in [1.54, 1.807) is 20.8 Å². The molecule has 23 heavy (non-hydrogen) atoms. The zero-order chi connectivity index (χ0) is 17.6. The van der Waals surface area contributed by atoms with E-state index in [1.807, 2.05) is 13.0 Å². The minimum Gasteiger partial charge on any atom is -0.480 e. The molecule has 0 bridgehead atoms. The third-order valence-corrected chi connectivity index (χ3v) is 4.22. The van der Waals surface area contributed by atoms with E-state index >= 15 is 0 Å². The molecule has 0 spiro atoms. The first-order chi connectivity index (χ1) is 10.6. The van der Waals surface area contributed by atoms with Crippen LogP contribution in [0.4, 0.5) is 4.79 Å². The van der Waals surface area contributed by atoms with Gasteiger partial charge in [0.05, 0.1) is 0 Å². The molecule has 6 heteroatoms. The standard InChI is InChI=1S/C17H25NO4S/c1-11-6-7-13(8-12(11)2)9-23-10-14(15(19)20)18-16(21)22-17(3,4)5/h6-8,14H,9-10H2,1-5H3,(H,18,21)(H,19,20)/t14-/m0/s1. The molecule has 0 saturated carbocycles. The number of carbonyl (C=O) groups is 2.